The van der Waals surface area contributed by atoms with Crippen LogP contribution in [0.15, 0.2) is 39.5 Å². The number of non-ortho nitro benzene ring substituents is 1. The quantitative estimate of drug-likeness (QED) is 0.660. The van der Waals surface area contributed by atoms with Crippen molar-refractivity contribution in [1.29, 1.82) is 0 Å². The van der Waals surface area contributed by atoms with Crippen molar-refractivity contribution < 1.29 is 4.92 Å². The summed E-state index contributed by atoms with van der Waals surface area (Å²) in [6.45, 7) is 2.02. The number of hydrogen-bond acceptors (Lipinski definition) is 4. The number of rotatable bonds is 4. The molecule has 0 spiro atoms. The zero-order valence-corrected chi connectivity index (χ0v) is 12.0. The van der Waals surface area contributed by atoms with E-state index in [1.807, 2.05) is 18.4 Å². The predicted octanol–water partition coefficient (Wildman–Crippen LogP) is 4.59. The molecule has 18 heavy (non-hydrogen) atoms. The van der Waals surface area contributed by atoms with E-state index in [1.165, 1.54) is 17.7 Å². The van der Waals surface area contributed by atoms with Crippen molar-refractivity contribution in [3.05, 3.63) is 55.2 Å². The Hall–Kier alpha value is -1.40. The highest BCUT2D eigenvalue weighted by molar-refractivity contribution is 9.10. The summed E-state index contributed by atoms with van der Waals surface area (Å²) in [6.07, 6.45) is 0. The van der Waals surface area contributed by atoms with Gasteiger partial charge >= 0.3 is 0 Å². The lowest BCUT2D eigenvalue weighted by Crippen LogP contribution is -2.06. The van der Waals surface area contributed by atoms with E-state index in [4.69, 9.17) is 0 Å². The number of nitrogens with zero attached hydrogens (tertiary/aromatic N) is 1. The highest BCUT2D eigenvalue weighted by atomic mass is 79.9. The van der Waals surface area contributed by atoms with Crippen LogP contribution in [0.5, 0.6) is 0 Å². The lowest BCUT2D eigenvalue weighted by molar-refractivity contribution is -0.384. The molecule has 0 aliphatic carbocycles. The van der Waals surface area contributed by atoms with Crippen molar-refractivity contribution in [1.82, 2.24) is 0 Å². The second-order valence-corrected chi connectivity index (χ2v) is 5.48. The predicted molar refractivity (Wildman–Crippen MR) is 77.2 cm³/mol. The van der Waals surface area contributed by atoms with E-state index < -0.39 is 4.92 Å². The van der Waals surface area contributed by atoms with Crippen LogP contribution in [-0.2, 0) is 0 Å². The van der Waals surface area contributed by atoms with Crippen LogP contribution < -0.4 is 5.32 Å². The van der Waals surface area contributed by atoms with Crippen molar-refractivity contribution in [2.24, 2.45) is 0 Å². The molecule has 1 aromatic carbocycles. The van der Waals surface area contributed by atoms with Crippen molar-refractivity contribution >= 4 is 38.6 Å². The Morgan fingerprint density at radius 3 is 2.83 bits per heavy atom. The molecular weight excluding hydrogens is 316 g/mol. The second-order valence-electron chi connectivity index (χ2n) is 3.84. The van der Waals surface area contributed by atoms with Gasteiger partial charge in [-0.25, -0.2) is 0 Å². The van der Waals surface area contributed by atoms with Crippen LogP contribution in [0.1, 0.15) is 18.5 Å². The smallest absolute Gasteiger partial charge is 0.271 e. The van der Waals surface area contributed by atoms with E-state index in [2.05, 4.69) is 26.6 Å². The molecule has 1 aromatic heterocycles. The van der Waals surface area contributed by atoms with Crippen LogP contribution >= 0.6 is 27.3 Å². The Bertz CT molecular complexity index is 557. The van der Waals surface area contributed by atoms with E-state index >= 15 is 0 Å². The van der Waals surface area contributed by atoms with Crippen LogP contribution in [0.4, 0.5) is 11.4 Å². The number of benzene rings is 1. The van der Waals surface area contributed by atoms with Crippen molar-refractivity contribution in [2.75, 3.05) is 5.32 Å². The maximum atomic E-state index is 10.7. The van der Waals surface area contributed by atoms with Gasteiger partial charge in [-0.1, -0.05) is 0 Å². The first-order valence-corrected chi connectivity index (χ1v) is 7.04. The third-order valence-electron chi connectivity index (χ3n) is 2.58. The molecule has 2 aromatic rings. The van der Waals surface area contributed by atoms with Gasteiger partial charge in [0.2, 0.25) is 0 Å². The number of halogens is 1. The van der Waals surface area contributed by atoms with Crippen LogP contribution in [0, 0.1) is 10.1 Å². The number of hydrogen-bond donors (Lipinski definition) is 1. The second kappa shape index (κ2) is 5.49. The molecule has 0 saturated heterocycles. The van der Waals surface area contributed by atoms with Gasteiger partial charge in [-0.2, -0.15) is 11.3 Å². The molecule has 0 aliphatic rings. The summed E-state index contributed by atoms with van der Waals surface area (Å²) >= 11 is 5.02. The first kappa shape index (κ1) is 13.0. The van der Waals surface area contributed by atoms with Gasteiger partial charge in [0, 0.05) is 22.6 Å². The number of nitro groups is 1. The first-order chi connectivity index (χ1) is 8.58. The van der Waals surface area contributed by atoms with E-state index in [9.17, 15) is 10.1 Å². The van der Waals surface area contributed by atoms with E-state index in [0.717, 1.165) is 10.2 Å². The van der Waals surface area contributed by atoms with E-state index in [-0.39, 0.29) is 11.7 Å². The summed E-state index contributed by atoms with van der Waals surface area (Å²) in [5.41, 5.74) is 1.97. The minimum absolute atomic E-state index is 0.0817. The van der Waals surface area contributed by atoms with Crippen LogP contribution in [0.3, 0.4) is 0 Å². The Labute approximate surface area is 117 Å². The molecule has 0 bridgehead atoms. The van der Waals surface area contributed by atoms with Gasteiger partial charge in [0.05, 0.1) is 10.6 Å². The minimum Gasteiger partial charge on any atom is -0.377 e. The van der Waals surface area contributed by atoms with Gasteiger partial charge in [0.15, 0.2) is 0 Å². The minimum atomic E-state index is -0.396. The Morgan fingerprint density at radius 1 is 1.44 bits per heavy atom. The molecule has 1 unspecified atom stereocenters. The van der Waals surface area contributed by atoms with E-state index in [1.54, 1.807) is 17.4 Å². The lowest BCUT2D eigenvalue weighted by Gasteiger charge is -2.15. The van der Waals surface area contributed by atoms with Gasteiger partial charge in [-0.3, -0.25) is 10.1 Å². The molecule has 1 atom stereocenters. The largest absolute Gasteiger partial charge is 0.377 e. The molecule has 6 heteroatoms. The van der Waals surface area contributed by atoms with E-state index in [0.29, 0.717) is 0 Å². The number of nitrogens with one attached hydrogen (secondary N) is 1. The monoisotopic (exact) mass is 326 g/mol. The van der Waals surface area contributed by atoms with Crippen LogP contribution in [0.2, 0.25) is 0 Å². The molecule has 0 saturated carbocycles. The summed E-state index contributed by atoms with van der Waals surface area (Å²) in [4.78, 5) is 10.3. The summed E-state index contributed by atoms with van der Waals surface area (Å²) in [6, 6.07) is 6.83. The molecule has 4 nitrogen and oxygen atoms in total. The summed E-state index contributed by atoms with van der Waals surface area (Å²) in [5, 5.41) is 18.1. The van der Waals surface area contributed by atoms with Crippen molar-refractivity contribution in [3.63, 3.8) is 0 Å². The summed E-state index contributed by atoms with van der Waals surface area (Å²) < 4.78 is 0.815. The van der Waals surface area contributed by atoms with Crippen LogP contribution in [0.25, 0.3) is 0 Å². The van der Waals surface area contributed by atoms with Crippen molar-refractivity contribution in [2.45, 2.75) is 13.0 Å². The van der Waals surface area contributed by atoms with Crippen LogP contribution in [-0.4, -0.2) is 4.92 Å². The van der Waals surface area contributed by atoms with Gasteiger partial charge < -0.3 is 5.32 Å². The van der Waals surface area contributed by atoms with Crippen molar-refractivity contribution in [3.8, 4) is 0 Å². The summed E-state index contributed by atoms with van der Waals surface area (Å²) in [5.74, 6) is 0. The molecule has 0 amide bonds. The molecule has 94 valence electrons. The van der Waals surface area contributed by atoms with Gasteiger partial charge in [0.25, 0.3) is 5.69 Å². The molecule has 0 radical (unpaired) electrons. The Balaban J connectivity index is 2.23. The zero-order valence-electron chi connectivity index (χ0n) is 9.59. The average molecular weight is 327 g/mol. The molecular formula is C12H11BrN2O2S. The molecule has 1 N–H and O–H groups in total. The molecule has 2 rings (SSSR count). The fourth-order valence-corrected chi connectivity index (χ4v) is 2.69. The highest BCUT2D eigenvalue weighted by Crippen LogP contribution is 2.30. The lowest BCUT2D eigenvalue weighted by atomic mass is 10.1. The van der Waals surface area contributed by atoms with Gasteiger partial charge in [0.1, 0.15) is 0 Å². The zero-order chi connectivity index (χ0) is 13.1. The third kappa shape index (κ3) is 2.88. The molecule has 0 fully saturated rings. The average Bonchev–Trinajstić information content (AvgIpc) is 2.85. The van der Waals surface area contributed by atoms with Gasteiger partial charge in [-0.05, 0) is 51.3 Å². The maximum Gasteiger partial charge on any atom is 0.271 e. The maximum absolute atomic E-state index is 10.7. The topological polar surface area (TPSA) is 55.2 Å². The number of thiophene rings is 1. The fraction of sp³-hybridized carbons (Fsp3) is 0.167. The molecule has 0 aliphatic heterocycles. The third-order valence-corrected chi connectivity index (χ3v) is 3.97. The Morgan fingerprint density at radius 2 is 2.22 bits per heavy atom. The fourth-order valence-electron chi connectivity index (χ4n) is 1.58. The van der Waals surface area contributed by atoms with Gasteiger partial charge in [-0.15, -0.1) is 0 Å². The summed E-state index contributed by atoms with van der Waals surface area (Å²) in [7, 11) is 0. The SMILES string of the molecule is CC(Nc1cc([N+](=O)[O-])ccc1Br)c1ccsc1. The Kier molecular flexibility index (Phi) is 3.98. The number of anilines is 1. The first-order valence-electron chi connectivity index (χ1n) is 5.30. The molecule has 1 heterocycles. The highest BCUT2D eigenvalue weighted by Gasteiger charge is 2.12. The standard InChI is InChI=1S/C12H11BrN2O2S/c1-8(9-4-5-18-7-9)14-12-6-10(15(16)17)2-3-11(12)13/h2-8,14H,1H3. The normalized spacial score (nSPS) is 12.1. The number of nitro benzene ring substituents is 1.